The highest BCUT2D eigenvalue weighted by atomic mass is 31.1. The second-order valence-corrected chi connectivity index (χ2v) is 9.26. The van der Waals surface area contributed by atoms with Crippen molar-refractivity contribution < 1.29 is 0 Å². The number of aryl methyl sites for hydroxylation is 2. The van der Waals surface area contributed by atoms with E-state index in [9.17, 15) is 0 Å². The normalized spacial score (nSPS) is 21.8. The van der Waals surface area contributed by atoms with Gasteiger partial charge in [0.2, 0.25) is 0 Å². The van der Waals surface area contributed by atoms with Gasteiger partial charge in [-0.2, -0.15) is 0 Å². The van der Waals surface area contributed by atoms with Crippen molar-refractivity contribution in [1.29, 1.82) is 0 Å². The van der Waals surface area contributed by atoms with E-state index in [0.717, 1.165) is 11.3 Å². The zero-order valence-electron chi connectivity index (χ0n) is 12.2. The summed E-state index contributed by atoms with van der Waals surface area (Å²) >= 11 is 0. The van der Waals surface area contributed by atoms with Crippen molar-refractivity contribution in [2.45, 2.75) is 69.1 Å². The number of imidazole rings is 1. The standard InChI is InChI=1S/C16H27N2P/c1-18-12-11-17-16(18)10-13-19(14-6-2-3-7-14)15-8-4-5-9-15/h11-12,14-15H,2-10,13H2,1H3. The Morgan fingerprint density at radius 2 is 1.68 bits per heavy atom. The lowest BCUT2D eigenvalue weighted by molar-refractivity contribution is 0.788. The van der Waals surface area contributed by atoms with E-state index >= 15 is 0 Å². The SMILES string of the molecule is Cn1ccnc1CCP(C1CCCC1)C1CCCC1. The lowest BCUT2D eigenvalue weighted by Crippen LogP contribution is -2.14. The van der Waals surface area contributed by atoms with Crippen LogP contribution in [0.1, 0.15) is 57.2 Å². The Bertz CT molecular complexity index is 373. The average molecular weight is 278 g/mol. The molecule has 2 aliphatic carbocycles. The molecule has 1 aromatic heterocycles. The third kappa shape index (κ3) is 3.21. The molecule has 106 valence electrons. The molecule has 2 nitrogen and oxygen atoms in total. The van der Waals surface area contributed by atoms with Gasteiger partial charge in [-0.1, -0.05) is 33.6 Å². The first-order valence-corrected chi connectivity index (χ1v) is 9.73. The second-order valence-electron chi connectivity index (χ2n) is 6.32. The summed E-state index contributed by atoms with van der Waals surface area (Å²) in [5.41, 5.74) is 2.19. The van der Waals surface area contributed by atoms with Crippen LogP contribution in [0.4, 0.5) is 0 Å². The van der Waals surface area contributed by atoms with Gasteiger partial charge in [0.05, 0.1) is 0 Å². The fourth-order valence-corrected chi connectivity index (χ4v) is 7.84. The van der Waals surface area contributed by atoms with Gasteiger partial charge in [0.25, 0.3) is 0 Å². The Labute approximate surface area is 118 Å². The van der Waals surface area contributed by atoms with E-state index in [0.29, 0.717) is 0 Å². The number of nitrogens with zero attached hydrogens (tertiary/aromatic N) is 2. The maximum Gasteiger partial charge on any atom is 0.108 e. The molecule has 0 aliphatic heterocycles. The van der Waals surface area contributed by atoms with Crippen LogP contribution in [0.25, 0.3) is 0 Å². The van der Waals surface area contributed by atoms with Crippen LogP contribution in [0.3, 0.4) is 0 Å². The minimum atomic E-state index is 0.267. The zero-order chi connectivity index (χ0) is 13.1. The van der Waals surface area contributed by atoms with Crippen LogP contribution in [0, 0.1) is 0 Å². The lowest BCUT2D eigenvalue weighted by atomic mass is 10.3. The molecule has 0 bridgehead atoms. The highest BCUT2D eigenvalue weighted by molar-refractivity contribution is 7.59. The van der Waals surface area contributed by atoms with Gasteiger partial charge >= 0.3 is 0 Å². The summed E-state index contributed by atoms with van der Waals surface area (Å²) < 4.78 is 2.21. The van der Waals surface area contributed by atoms with Crippen molar-refractivity contribution in [2.75, 3.05) is 6.16 Å². The molecule has 0 saturated heterocycles. The van der Waals surface area contributed by atoms with Crippen molar-refractivity contribution in [3.8, 4) is 0 Å². The zero-order valence-corrected chi connectivity index (χ0v) is 13.1. The average Bonchev–Trinajstić information content (AvgIpc) is 3.13. The Morgan fingerprint density at radius 1 is 1.11 bits per heavy atom. The summed E-state index contributed by atoms with van der Waals surface area (Å²) in [5, 5.41) is 0. The van der Waals surface area contributed by atoms with Crippen molar-refractivity contribution in [2.24, 2.45) is 7.05 Å². The lowest BCUT2D eigenvalue weighted by Gasteiger charge is -2.30. The molecule has 0 atom stereocenters. The molecule has 0 unspecified atom stereocenters. The first kappa shape index (κ1) is 13.6. The van der Waals surface area contributed by atoms with Gasteiger partial charge in [0.15, 0.2) is 0 Å². The minimum absolute atomic E-state index is 0.267. The molecular weight excluding hydrogens is 251 g/mol. The van der Waals surface area contributed by atoms with Crippen molar-refractivity contribution in [3.63, 3.8) is 0 Å². The van der Waals surface area contributed by atoms with E-state index in [4.69, 9.17) is 0 Å². The first-order chi connectivity index (χ1) is 9.34. The Morgan fingerprint density at radius 3 is 2.16 bits per heavy atom. The van der Waals surface area contributed by atoms with Crippen LogP contribution in [0.15, 0.2) is 12.4 Å². The number of hydrogen-bond acceptors (Lipinski definition) is 1. The van der Waals surface area contributed by atoms with Crippen molar-refractivity contribution in [1.82, 2.24) is 9.55 Å². The van der Waals surface area contributed by atoms with Crippen LogP contribution in [-0.4, -0.2) is 27.0 Å². The van der Waals surface area contributed by atoms with Gasteiger partial charge in [-0.15, -0.1) is 0 Å². The highest BCUT2D eigenvalue weighted by Crippen LogP contribution is 2.57. The van der Waals surface area contributed by atoms with Crippen LogP contribution < -0.4 is 0 Å². The summed E-state index contributed by atoms with van der Waals surface area (Å²) in [4.78, 5) is 4.51. The predicted octanol–water partition coefficient (Wildman–Crippen LogP) is 4.33. The van der Waals surface area contributed by atoms with Crippen molar-refractivity contribution in [3.05, 3.63) is 18.2 Å². The fraction of sp³-hybridized carbons (Fsp3) is 0.812. The molecule has 0 amide bonds. The molecular formula is C16H27N2P. The summed E-state index contributed by atoms with van der Waals surface area (Å²) in [6.45, 7) is 0. The van der Waals surface area contributed by atoms with Gasteiger partial charge in [0.1, 0.15) is 5.82 Å². The van der Waals surface area contributed by atoms with Crippen LogP contribution in [0.2, 0.25) is 0 Å². The molecule has 0 aromatic carbocycles. The Hall–Kier alpha value is -0.360. The molecule has 0 radical (unpaired) electrons. The topological polar surface area (TPSA) is 17.8 Å². The smallest absolute Gasteiger partial charge is 0.108 e. The van der Waals surface area contributed by atoms with Crippen LogP contribution in [-0.2, 0) is 13.5 Å². The maximum atomic E-state index is 4.51. The van der Waals surface area contributed by atoms with Gasteiger partial charge in [-0.25, -0.2) is 4.98 Å². The summed E-state index contributed by atoms with van der Waals surface area (Å²) in [5.74, 6) is 1.29. The van der Waals surface area contributed by atoms with E-state index in [1.54, 1.807) is 0 Å². The van der Waals surface area contributed by atoms with E-state index in [1.165, 1.54) is 69.8 Å². The molecule has 1 aromatic rings. The Kier molecular flexibility index (Phi) is 4.58. The van der Waals surface area contributed by atoms with Gasteiger partial charge in [0, 0.05) is 25.9 Å². The molecule has 3 heteroatoms. The summed E-state index contributed by atoms with van der Waals surface area (Å²) in [6.07, 6.45) is 18.8. The highest BCUT2D eigenvalue weighted by Gasteiger charge is 2.32. The fourth-order valence-electron chi connectivity index (χ4n) is 4.00. The Balaban J connectivity index is 1.63. The van der Waals surface area contributed by atoms with Crippen LogP contribution >= 0.6 is 7.92 Å². The molecule has 0 N–H and O–H groups in total. The molecule has 3 rings (SSSR count). The van der Waals surface area contributed by atoms with Gasteiger partial charge in [-0.3, -0.25) is 0 Å². The maximum absolute atomic E-state index is 4.51. The molecule has 0 spiro atoms. The molecule has 19 heavy (non-hydrogen) atoms. The molecule has 2 fully saturated rings. The van der Waals surface area contributed by atoms with E-state index in [2.05, 4.69) is 22.8 Å². The second kappa shape index (κ2) is 6.39. The quantitative estimate of drug-likeness (QED) is 0.733. The van der Waals surface area contributed by atoms with Gasteiger partial charge < -0.3 is 4.57 Å². The minimum Gasteiger partial charge on any atom is -0.338 e. The predicted molar refractivity (Wildman–Crippen MR) is 83.2 cm³/mol. The number of hydrogen-bond donors (Lipinski definition) is 0. The molecule has 2 aliphatic rings. The number of aromatic nitrogens is 2. The number of rotatable bonds is 5. The third-order valence-electron chi connectivity index (χ3n) is 5.10. The summed E-state index contributed by atoms with van der Waals surface area (Å²) in [7, 11) is 2.40. The van der Waals surface area contributed by atoms with E-state index < -0.39 is 0 Å². The first-order valence-electron chi connectivity index (χ1n) is 8.06. The van der Waals surface area contributed by atoms with Crippen molar-refractivity contribution >= 4 is 7.92 Å². The van der Waals surface area contributed by atoms with Gasteiger partial charge in [-0.05, 0) is 43.2 Å². The monoisotopic (exact) mass is 278 g/mol. The molecule has 2 saturated carbocycles. The van der Waals surface area contributed by atoms with E-state index in [1.807, 2.05) is 6.20 Å². The third-order valence-corrected chi connectivity index (χ3v) is 8.75. The molecule has 1 heterocycles. The largest absolute Gasteiger partial charge is 0.338 e. The summed E-state index contributed by atoms with van der Waals surface area (Å²) in [6, 6.07) is 0. The van der Waals surface area contributed by atoms with Crippen LogP contribution in [0.5, 0.6) is 0 Å². The van der Waals surface area contributed by atoms with E-state index in [-0.39, 0.29) is 7.92 Å².